The zero-order valence-corrected chi connectivity index (χ0v) is 13.3. The average molecular weight is 292 g/mol. The van der Waals surface area contributed by atoms with Gasteiger partial charge < -0.3 is 15.0 Å². The summed E-state index contributed by atoms with van der Waals surface area (Å²) in [6.45, 7) is 4.61. The van der Waals surface area contributed by atoms with Crippen molar-refractivity contribution < 1.29 is 4.74 Å². The third-order valence-corrected chi connectivity index (χ3v) is 4.09. The summed E-state index contributed by atoms with van der Waals surface area (Å²) >= 11 is 0. The Morgan fingerprint density at radius 2 is 2.14 bits per heavy atom. The van der Waals surface area contributed by atoms with E-state index < -0.39 is 0 Å². The minimum absolute atomic E-state index is 0.628. The topological polar surface area (TPSA) is 50.3 Å². The highest BCUT2D eigenvalue weighted by Crippen LogP contribution is 2.21. The van der Waals surface area contributed by atoms with Gasteiger partial charge in [-0.1, -0.05) is 19.3 Å². The van der Waals surface area contributed by atoms with Crippen molar-refractivity contribution in [2.24, 2.45) is 0 Å². The first-order valence-electron chi connectivity index (χ1n) is 8.19. The van der Waals surface area contributed by atoms with Crippen LogP contribution < -0.4 is 10.1 Å². The Hall–Kier alpha value is -1.36. The van der Waals surface area contributed by atoms with Gasteiger partial charge in [0, 0.05) is 24.8 Å². The predicted octanol–water partition coefficient (Wildman–Crippen LogP) is 2.94. The lowest BCUT2D eigenvalue weighted by Gasteiger charge is -2.31. The van der Waals surface area contributed by atoms with Crippen molar-refractivity contribution in [1.29, 1.82) is 0 Å². The van der Waals surface area contributed by atoms with Crippen LogP contribution in [0.1, 0.15) is 45.4 Å². The molecule has 2 rings (SSSR count). The van der Waals surface area contributed by atoms with Crippen molar-refractivity contribution in [2.75, 3.05) is 32.1 Å². The quantitative estimate of drug-likeness (QED) is 0.747. The van der Waals surface area contributed by atoms with Crippen molar-refractivity contribution in [3.63, 3.8) is 0 Å². The van der Waals surface area contributed by atoms with E-state index in [0.29, 0.717) is 18.4 Å². The highest BCUT2D eigenvalue weighted by Gasteiger charge is 2.17. The molecule has 1 fully saturated rings. The van der Waals surface area contributed by atoms with Crippen molar-refractivity contribution in [3.05, 3.63) is 12.3 Å². The fourth-order valence-corrected chi connectivity index (χ4v) is 2.89. The molecule has 1 heterocycles. The first kappa shape index (κ1) is 16.0. The lowest BCUT2D eigenvalue weighted by Crippen LogP contribution is -2.34. The van der Waals surface area contributed by atoms with Gasteiger partial charge in [-0.3, -0.25) is 0 Å². The number of hydrogen-bond acceptors (Lipinski definition) is 5. The Morgan fingerprint density at radius 1 is 1.33 bits per heavy atom. The fourth-order valence-electron chi connectivity index (χ4n) is 2.89. The van der Waals surface area contributed by atoms with Crippen LogP contribution >= 0.6 is 0 Å². The van der Waals surface area contributed by atoms with Crippen LogP contribution in [0.5, 0.6) is 5.88 Å². The van der Waals surface area contributed by atoms with Crippen LogP contribution in [0.2, 0.25) is 0 Å². The lowest BCUT2D eigenvalue weighted by molar-refractivity contribution is 0.191. The zero-order chi connectivity index (χ0) is 14.9. The first-order chi connectivity index (χ1) is 10.3. The average Bonchev–Trinajstić information content (AvgIpc) is 2.53. The molecule has 0 radical (unpaired) electrons. The minimum atomic E-state index is 0.628. The molecule has 0 saturated heterocycles. The second-order valence-electron chi connectivity index (χ2n) is 5.70. The molecule has 21 heavy (non-hydrogen) atoms. The van der Waals surface area contributed by atoms with Gasteiger partial charge in [-0.25, -0.2) is 4.98 Å². The van der Waals surface area contributed by atoms with E-state index in [2.05, 4.69) is 27.2 Å². The summed E-state index contributed by atoms with van der Waals surface area (Å²) in [5.74, 6) is 1.29. The fraction of sp³-hybridized carbons (Fsp3) is 0.750. The normalized spacial score (nSPS) is 16.1. The lowest BCUT2D eigenvalue weighted by atomic mass is 9.94. The van der Waals surface area contributed by atoms with E-state index in [4.69, 9.17) is 4.74 Å². The number of ether oxygens (including phenoxy) is 1. The van der Waals surface area contributed by atoms with Gasteiger partial charge in [0.25, 0.3) is 0 Å². The van der Waals surface area contributed by atoms with E-state index >= 15 is 0 Å². The van der Waals surface area contributed by atoms with Gasteiger partial charge in [0.1, 0.15) is 0 Å². The Kier molecular flexibility index (Phi) is 6.73. The van der Waals surface area contributed by atoms with Crippen LogP contribution in [0.3, 0.4) is 0 Å². The van der Waals surface area contributed by atoms with Crippen molar-refractivity contribution in [1.82, 2.24) is 14.9 Å². The maximum Gasteiger partial charge on any atom is 0.225 e. The van der Waals surface area contributed by atoms with Crippen LogP contribution in [0, 0.1) is 0 Å². The molecule has 1 aliphatic rings. The molecule has 1 aromatic heterocycles. The molecule has 1 aromatic rings. The summed E-state index contributed by atoms with van der Waals surface area (Å²) in [5, 5.41) is 3.27. The Bertz CT molecular complexity index is 407. The molecule has 0 atom stereocenters. The summed E-state index contributed by atoms with van der Waals surface area (Å²) in [6, 6.07) is 2.57. The number of rotatable bonds is 8. The summed E-state index contributed by atoms with van der Waals surface area (Å²) < 4.78 is 5.37. The summed E-state index contributed by atoms with van der Waals surface area (Å²) in [4.78, 5) is 11.0. The monoisotopic (exact) mass is 292 g/mol. The number of aromatic nitrogens is 2. The van der Waals surface area contributed by atoms with Crippen LogP contribution in [-0.4, -0.2) is 47.7 Å². The van der Waals surface area contributed by atoms with Gasteiger partial charge in [-0.15, -0.1) is 0 Å². The van der Waals surface area contributed by atoms with Gasteiger partial charge in [0.2, 0.25) is 11.8 Å². The van der Waals surface area contributed by atoms with Gasteiger partial charge in [-0.2, -0.15) is 4.98 Å². The molecular weight excluding hydrogens is 264 g/mol. The molecular formula is C16H28N4O. The predicted molar refractivity (Wildman–Crippen MR) is 85.8 cm³/mol. The second-order valence-corrected chi connectivity index (χ2v) is 5.70. The highest BCUT2D eigenvalue weighted by atomic mass is 16.5. The Morgan fingerprint density at radius 3 is 2.90 bits per heavy atom. The molecule has 0 spiro atoms. The van der Waals surface area contributed by atoms with Crippen molar-refractivity contribution in [3.8, 4) is 5.88 Å². The van der Waals surface area contributed by atoms with E-state index in [1.165, 1.54) is 32.1 Å². The molecule has 1 N–H and O–H groups in total. The van der Waals surface area contributed by atoms with Gasteiger partial charge >= 0.3 is 0 Å². The van der Waals surface area contributed by atoms with Crippen LogP contribution in [0.4, 0.5) is 5.95 Å². The van der Waals surface area contributed by atoms with Gasteiger partial charge in [0.15, 0.2) is 0 Å². The van der Waals surface area contributed by atoms with E-state index in [1.807, 2.05) is 6.92 Å². The highest BCUT2D eigenvalue weighted by molar-refractivity contribution is 5.27. The molecule has 118 valence electrons. The molecule has 0 aromatic carbocycles. The van der Waals surface area contributed by atoms with Gasteiger partial charge in [0.05, 0.1) is 6.61 Å². The molecule has 5 nitrogen and oxygen atoms in total. The maximum absolute atomic E-state index is 5.37. The van der Waals surface area contributed by atoms with Crippen LogP contribution in [0.15, 0.2) is 12.3 Å². The smallest absolute Gasteiger partial charge is 0.225 e. The molecule has 1 aliphatic carbocycles. The molecule has 1 saturated carbocycles. The third-order valence-electron chi connectivity index (χ3n) is 4.09. The number of anilines is 1. The summed E-state index contributed by atoms with van der Waals surface area (Å²) in [7, 11) is 2.25. The first-order valence-corrected chi connectivity index (χ1v) is 8.19. The maximum atomic E-state index is 5.37. The van der Waals surface area contributed by atoms with Crippen molar-refractivity contribution >= 4 is 5.95 Å². The van der Waals surface area contributed by atoms with Crippen molar-refractivity contribution in [2.45, 2.75) is 51.5 Å². The van der Waals surface area contributed by atoms with E-state index in [9.17, 15) is 0 Å². The SMILES string of the molecule is CCOc1ccnc(NCCCN(C)C2CCCCC2)n1. The number of nitrogens with one attached hydrogen (secondary N) is 1. The third kappa shape index (κ3) is 5.50. The Balaban J connectivity index is 1.65. The standard InChI is InChI=1S/C16H28N4O/c1-3-21-15-10-12-18-16(19-15)17-11-7-13-20(2)14-8-5-4-6-9-14/h10,12,14H,3-9,11,13H2,1-2H3,(H,17,18,19). The van der Waals surface area contributed by atoms with Crippen LogP contribution in [0.25, 0.3) is 0 Å². The number of hydrogen-bond donors (Lipinski definition) is 1. The van der Waals surface area contributed by atoms with Gasteiger partial charge in [-0.05, 0) is 39.8 Å². The second kappa shape index (κ2) is 8.82. The zero-order valence-electron chi connectivity index (χ0n) is 13.3. The molecule has 0 aliphatic heterocycles. The molecule has 0 unspecified atom stereocenters. The van der Waals surface area contributed by atoms with Crippen LogP contribution in [-0.2, 0) is 0 Å². The summed E-state index contributed by atoms with van der Waals surface area (Å²) in [6.07, 6.45) is 9.77. The minimum Gasteiger partial charge on any atom is -0.478 e. The largest absolute Gasteiger partial charge is 0.478 e. The number of nitrogens with zero attached hydrogens (tertiary/aromatic N) is 3. The molecule has 0 amide bonds. The van der Waals surface area contributed by atoms with E-state index in [-0.39, 0.29) is 0 Å². The Labute approximate surface area is 128 Å². The molecule has 0 bridgehead atoms. The van der Waals surface area contributed by atoms with E-state index in [0.717, 1.165) is 25.6 Å². The molecule has 5 heteroatoms. The van der Waals surface area contributed by atoms with E-state index in [1.54, 1.807) is 12.3 Å². The summed E-state index contributed by atoms with van der Waals surface area (Å²) in [5.41, 5.74) is 0.